The number of carbonyl (C=O) groups excluding carboxylic acids is 4. The van der Waals surface area contributed by atoms with Crippen molar-refractivity contribution in [2.75, 3.05) is 6.54 Å². The quantitative estimate of drug-likeness (QED) is 0.429. The Labute approximate surface area is 145 Å². The maximum Gasteiger partial charge on any atom is 0.325 e. The largest absolute Gasteiger partial charge is 0.356 e. The van der Waals surface area contributed by atoms with Crippen LogP contribution in [0.2, 0.25) is 0 Å². The van der Waals surface area contributed by atoms with Gasteiger partial charge < -0.3 is 10.3 Å². The van der Waals surface area contributed by atoms with Crippen molar-refractivity contribution < 1.29 is 19.2 Å². The molecule has 9 nitrogen and oxygen atoms in total. The lowest BCUT2D eigenvalue weighted by Gasteiger charge is -2.20. The molecule has 1 aliphatic carbocycles. The van der Waals surface area contributed by atoms with Crippen LogP contribution < -0.4 is 16.2 Å². The highest BCUT2D eigenvalue weighted by atomic mass is 79.9. The normalized spacial score (nSPS) is 23.2. The molecule has 1 saturated carbocycles. The summed E-state index contributed by atoms with van der Waals surface area (Å²) >= 11 is 3.19. The van der Waals surface area contributed by atoms with E-state index < -0.39 is 35.8 Å². The maximum atomic E-state index is 12.4. The van der Waals surface area contributed by atoms with Gasteiger partial charge in [-0.15, -0.1) is 0 Å². The number of aromatic nitrogens is 1. The van der Waals surface area contributed by atoms with Crippen LogP contribution in [0.3, 0.4) is 0 Å². The standard InChI is InChI=1S/C14H16BrN5O4/c1-14(7-2-3-7)12(23)20(13(24)17-14)6-10(21)18-19-11(22)9-4-8(15)5-16-9/h4-5,7,16H,2-3,6H2,1H3,(H,17,24)(H,18,21)(H,19,22)/t14-/m1/s1. The Kier molecular flexibility index (Phi) is 4.08. The zero-order valence-corrected chi connectivity index (χ0v) is 14.4. The Morgan fingerprint density at radius 1 is 1.38 bits per heavy atom. The van der Waals surface area contributed by atoms with Crippen molar-refractivity contribution in [1.82, 2.24) is 26.1 Å². The zero-order valence-electron chi connectivity index (χ0n) is 12.8. The van der Waals surface area contributed by atoms with Crippen LogP contribution >= 0.6 is 15.9 Å². The first kappa shape index (κ1) is 16.5. The summed E-state index contributed by atoms with van der Waals surface area (Å²) < 4.78 is 0.692. The highest BCUT2D eigenvalue weighted by Gasteiger charge is 2.56. The van der Waals surface area contributed by atoms with Gasteiger partial charge in [-0.1, -0.05) is 0 Å². The molecule has 1 aliphatic heterocycles. The predicted molar refractivity (Wildman–Crippen MR) is 85.5 cm³/mol. The number of hydrazine groups is 1. The van der Waals surface area contributed by atoms with E-state index in [0.717, 1.165) is 17.7 Å². The van der Waals surface area contributed by atoms with Gasteiger partial charge in [-0.3, -0.25) is 30.1 Å². The number of rotatable bonds is 4. The van der Waals surface area contributed by atoms with Crippen molar-refractivity contribution in [3.05, 3.63) is 22.4 Å². The molecule has 0 spiro atoms. The molecule has 128 valence electrons. The monoisotopic (exact) mass is 397 g/mol. The average molecular weight is 398 g/mol. The van der Waals surface area contributed by atoms with Gasteiger partial charge in [0.05, 0.1) is 0 Å². The van der Waals surface area contributed by atoms with Gasteiger partial charge in [0, 0.05) is 10.7 Å². The third-order valence-corrected chi connectivity index (χ3v) is 4.66. The molecule has 3 rings (SSSR count). The van der Waals surface area contributed by atoms with Crippen LogP contribution in [-0.2, 0) is 9.59 Å². The molecule has 0 aromatic carbocycles. The molecular weight excluding hydrogens is 382 g/mol. The van der Waals surface area contributed by atoms with E-state index in [4.69, 9.17) is 0 Å². The fraction of sp³-hybridized carbons (Fsp3) is 0.429. The van der Waals surface area contributed by atoms with E-state index in [1.807, 2.05) is 0 Å². The molecular formula is C14H16BrN5O4. The van der Waals surface area contributed by atoms with Crippen molar-refractivity contribution >= 4 is 39.7 Å². The number of nitrogens with zero attached hydrogens (tertiary/aromatic N) is 1. The molecule has 0 radical (unpaired) electrons. The Bertz CT molecular complexity index is 729. The molecule has 1 atom stereocenters. The average Bonchev–Trinajstić information content (AvgIpc) is 3.27. The van der Waals surface area contributed by atoms with Gasteiger partial charge in [0.15, 0.2) is 0 Å². The summed E-state index contributed by atoms with van der Waals surface area (Å²) in [6.45, 7) is 1.22. The summed E-state index contributed by atoms with van der Waals surface area (Å²) in [4.78, 5) is 51.6. The summed E-state index contributed by atoms with van der Waals surface area (Å²) in [5, 5.41) is 2.65. The summed E-state index contributed by atoms with van der Waals surface area (Å²) in [7, 11) is 0. The van der Waals surface area contributed by atoms with Gasteiger partial charge >= 0.3 is 6.03 Å². The molecule has 2 aliphatic rings. The lowest BCUT2D eigenvalue weighted by molar-refractivity contribution is -0.135. The Morgan fingerprint density at radius 3 is 2.67 bits per heavy atom. The Morgan fingerprint density at radius 2 is 2.08 bits per heavy atom. The second-order valence-electron chi connectivity index (χ2n) is 6.03. The molecule has 1 aromatic rings. The minimum Gasteiger partial charge on any atom is -0.356 e. The summed E-state index contributed by atoms with van der Waals surface area (Å²) in [5.74, 6) is -1.51. The number of amides is 5. The number of imide groups is 1. The highest BCUT2D eigenvalue weighted by Crippen LogP contribution is 2.42. The molecule has 24 heavy (non-hydrogen) atoms. The summed E-state index contributed by atoms with van der Waals surface area (Å²) in [6.07, 6.45) is 3.33. The number of hydrogen-bond donors (Lipinski definition) is 4. The van der Waals surface area contributed by atoms with Crippen LogP contribution in [0.15, 0.2) is 16.7 Å². The summed E-state index contributed by atoms with van der Waals surface area (Å²) in [5.41, 5.74) is 3.71. The highest BCUT2D eigenvalue weighted by molar-refractivity contribution is 9.10. The third kappa shape index (κ3) is 3.01. The summed E-state index contributed by atoms with van der Waals surface area (Å²) in [6, 6.07) is 0.948. The topological polar surface area (TPSA) is 123 Å². The van der Waals surface area contributed by atoms with E-state index in [9.17, 15) is 19.2 Å². The van der Waals surface area contributed by atoms with Crippen molar-refractivity contribution in [3.63, 3.8) is 0 Å². The zero-order chi connectivity index (χ0) is 17.5. The van der Waals surface area contributed by atoms with E-state index in [-0.39, 0.29) is 11.6 Å². The van der Waals surface area contributed by atoms with E-state index in [1.165, 1.54) is 0 Å². The van der Waals surface area contributed by atoms with Gasteiger partial charge in [-0.2, -0.15) is 0 Å². The molecule has 0 unspecified atom stereocenters. The van der Waals surface area contributed by atoms with Gasteiger partial charge in [0.1, 0.15) is 17.8 Å². The molecule has 2 fully saturated rings. The second-order valence-corrected chi connectivity index (χ2v) is 6.95. The van der Waals surface area contributed by atoms with Gasteiger partial charge in [-0.05, 0) is 47.7 Å². The second kappa shape index (κ2) is 5.93. The van der Waals surface area contributed by atoms with Crippen LogP contribution in [0.5, 0.6) is 0 Å². The van der Waals surface area contributed by atoms with Gasteiger partial charge in [0.25, 0.3) is 17.7 Å². The maximum absolute atomic E-state index is 12.4. The van der Waals surface area contributed by atoms with Crippen molar-refractivity contribution in [1.29, 1.82) is 0 Å². The van der Waals surface area contributed by atoms with Crippen molar-refractivity contribution in [2.45, 2.75) is 25.3 Å². The molecule has 0 bridgehead atoms. The van der Waals surface area contributed by atoms with E-state index >= 15 is 0 Å². The third-order valence-electron chi connectivity index (χ3n) is 4.20. The smallest absolute Gasteiger partial charge is 0.325 e. The lowest BCUT2D eigenvalue weighted by atomic mass is 9.96. The molecule has 1 saturated heterocycles. The number of H-pyrrole nitrogens is 1. The predicted octanol–water partition coefficient (Wildman–Crippen LogP) is 0.259. The van der Waals surface area contributed by atoms with E-state index in [0.29, 0.717) is 4.47 Å². The number of urea groups is 1. The van der Waals surface area contributed by atoms with Gasteiger partial charge in [-0.25, -0.2) is 4.79 Å². The number of nitrogens with one attached hydrogen (secondary N) is 4. The van der Waals surface area contributed by atoms with Crippen LogP contribution in [0.4, 0.5) is 4.79 Å². The number of carbonyl (C=O) groups is 4. The van der Waals surface area contributed by atoms with E-state index in [2.05, 4.69) is 37.1 Å². The van der Waals surface area contributed by atoms with Crippen LogP contribution in [0.25, 0.3) is 0 Å². The van der Waals surface area contributed by atoms with Crippen LogP contribution in [-0.4, -0.2) is 45.7 Å². The Balaban J connectivity index is 1.54. The van der Waals surface area contributed by atoms with Crippen molar-refractivity contribution in [3.8, 4) is 0 Å². The fourth-order valence-corrected chi connectivity index (χ4v) is 3.02. The Hall–Kier alpha value is -2.36. The molecule has 10 heteroatoms. The number of aromatic amines is 1. The van der Waals surface area contributed by atoms with E-state index in [1.54, 1.807) is 19.2 Å². The van der Waals surface area contributed by atoms with Gasteiger partial charge in [0.2, 0.25) is 0 Å². The SMILES string of the molecule is C[C@]1(C2CC2)NC(=O)N(CC(=O)NNC(=O)c2cc(Br)c[nH]2)C1=O. The minimum absolute atomic E-state index is 0.119. The van der Waals surface area contributed by atoms with Crippen LogP contribution in [0.1, 0.15) is 30.3 Å². The first-order chi connectivity index (χ1) is 11.3. The van der Waals surface area contributed by atoms with Crippen molar-refractivity contribution in [2.24, 2.45) is 5.92 Å². The molecule has 2 heterocycles. The first-order valence-electron chi connectivity index (χ1n) is 7.38. The molecule has 5 amide bonds. The fourth-order valence-electron chi connectivity index (χ4n) is 2.67. The molecule has 4 N–H and O–H groups in total. The minimum atomic E-state index is -0.933. The first-order valence-corrected chi connectivity index (χ1v) is 8.18. The number of hydrogen-bond acceptors (Lipinski definition) is 4. The molecule has 1 aromatic heterocycles. The van der Waals surface area contributed by atoms with Crippen LogP contribution in [0, 0.1) is 5.92 Å². The lowest BCUT2D eigenvalue weighted by Crippen LogP contribution is -2.49. The number of halogens is 1.